The molecule has 2 aromatic rings. The Kier molecular flexibility index (Phi) is 4.26. The smallest absolute Gasteiger partial charge is 0.123 e. The van der Waals surface area contributed by atoms with Crippen LogP contribution >= 0.6 is 0 Å². The third kappa shape index (κ3) is 2.81. The summed E-state index contributed by atoms with van der Waals surface area (Å²) in [5.74, 6) is 0.403. The Morgan fingerprint density at radius 2 is 1.42 bits per heavy atom. The molecule has 0 spiro atoms. The highest BCUT2D eigenvalue weighted by Crippen LogP contribution is 2.34. The highest BCUT2D eigenvalue weighted by Gasteiger charge is 2.11. The van der Waals surface area contributed by atoms with Crippen LogP contribution in [0.25, 0.3) is 11.1 Å². The third-order valence-electron chi connectivity index (χ3n) is 3.70. The molecule has 0 amide bonds. The summed E-state index contributed by atoms with van der Waals surface area (Å²) >= 11 is 0. The Morgan fingerprint density at radius 1 is 0.789 bits per heavy atom. The van der Waals surface area contributed by atoms with Crippen molar-refractivity contribution in [1.29, 1.82) is 0 Å². The van der Waals surface area contributed by atoms with E-state index in [1.807, 2.05) is 6.07 Å². The summed E-state index contributed by atoms with van der Waals surface area (Å²) in [5, 5.41) is 10.3. The highest BCUT2D eigenvalue weighted by molar-refractivity contribution is 5.74. The third-order valence-corrected chi connectivity index (χ3v) is 3.70. The lowest BCUT2D eigenvalue weighted by atomic mass is 9.93. The molecule has 0 aromatic heterocycles. The van der Waals surface area contributed by atoms with Crippen LogP contribution in [-0.4, -0.2) is 5.11 Å². The van der Waals surface area contributed by atoms with Crippen molar-refractivity contribution in [1.82, 2.24) is 0 Å². The molecule has 2 aromatic carbocycles. The summed E-state index contributed by atoms with van der Waals surface area (Å²) in [6, 6.07) is 12.6. The molecule has 0 aliphatic heterocycles. The van der Waals surface area contributed by atoms with Crippen molar-refractivity contribution >= 4 is 0 Å². The predicted octanol–water partition coefficient (Wildman–Crippen LogP) is 4.75. The first-order valence-electron chi connectivity index (χ1n) is 7.13. The van der Waals surface area contributed by atoms with Crippen molar-refractivity contribution in [3.8, 4) is 16.9 Å². The second kappa shape index (κ2) is 5.92. The molecule has 100 valence electrons. The van der Waals surface area contributed by atoms with Crippen molar-refractivity contribution in [3.63, 3.8) is 0 Å². The standard InChI is InChI=1S/C18H22O/c1-4-13-7-9-16(10-8-13)18-15(6-3)11-14(5-2)12-17(18)19/h7-12,19H,4-6H2,1-3H3. The number of phenols is 1. The van der Waals surface area contributed by atoms with Crippen LogP contribution in [0.2, 0.25) is 0 Å². The van der Waals surface area contributed by atoms with Gasteiger partial charge in [0.2, 0.25) is 0 Å². The largest absolute Gasteiger partial charge is 0.507 e. The minimum Gasteiger partial charge on any atom is -0.507 e. The van der Waals surface area contributed by atoms with E-state index in [4.69, 9.17) is 0 Å². The maximum Gasteiger partial charge on any atom is 0.123 e. The van der Waals surface area contributed by atoms with E-state index in [1.165, 1.54) is 16.7 Å². The number of rotatable bonds is 4. The van der Waals surface area contributed by atoms with E-state index in [9.17, 15) is 5.11 Å². The van der Waals surface area contributed by atoms with Crippen molar-refractivity contribution in [2.45, 2.75) is 40.0 Å². The van der Waals surface area contributed by atoms with Gasteiger partial charge in [-0.15, -0.1) is 0 Å². The van der Waals surface area contributed by atoms with Gasteiger partial charge in [-0.25, -0.2) is 0 Å². The number of aryl methyl sites for hydroxylation is 3. The quantitative estimate of drug-likeness (QED) is 0.835. The fourth-order valence-corrected chi connectivity index (χ4v) is 2.47. The predicted molar refractivity (Wildman–Crippen MR) is 81.7 cm³/mol. The lowest BCUT2D eigenvalue weighted by Gasteiger charge is -2.13. The molecule has 2 rings (SSSR count). The first-order chi connectivity index (χ1) is 9.19. The van der Waals surface area contributed by atoms with Gasteiger partial charge < -0.3 is 5.11 Å². The average Bonchev–Trinajstić information content (AvgIpc) is 2.46. The topological polar surface area (TPSA) is 20.2 Å². The molecular weight excluding hydrogens is 232 g/mol. The van der Waals surface area contributed by atoms with Gasteiger partial charge in [-0.2, -0.15) is 0 Å². The van der Waals surface area contributed by atoms with Crippen LogP contribution in [0.5, 0.6) is 5.75 Å². The highest BCUT2D eigenvalue weighted by atomic mass is 16.3. The maximum absolute atomic E-state index is 10.3. The van der Waals surface area contributed by atoms with E-state index in [0.29, 0.717) is 5.75 Å². The molecule has 0 saturated heterocycles. The minimum absolute atomic E-state index is 0.403. The number of hydrogen-bond acceptors (Lipinski definition) is 1. The van der Waals surface area contributed by atoms with Gasteiger partial charge in [0.25, 0.3) is 0 Å². The molecule has 0 aliphatic rings. The van der Waals surface area contributed by atoms with Crippen molar-refractivity contribution in [2.24, 2.45) is 0 Å². The summed E-state index contributed by atoms with van der Waals surface area (Å²) in [5.41, 5.74) is 5.84. The molecule has 1 heteroatoms. The molecular formula is C18H22O. The Morgan fingerprint density at radius 3 is 1.95 bits per heavy atom. The second-order valence-corrected chi connectivity index (χ2v) is 4.91. The molecule has 0 atom stereocenters. The molecule has 1 N–H and O–H groups in total. The molecule has 19 heavy (non-hydrogen) atoms. The average molecular weight is 254 g/mol. The van der Waals surface area contributed by atoms with Gasteiger partial charge in [0.1, 0.15) is 5.75 Å². The zero-order valence-corrected chi connectivity index (χ0v) is 12.0. The number of hydrogen-bond donors (Lipinski definition) is 1. The molecule has 1 nitrogen and oxygen atoms in total. The van der Waals surface area contributed by atoms with Crippen LogP contribution in [0.4, 0.5) is 0 Å². The summed E-state index contributed by atoms with van der Waals surface area (Å²) in [7, 11) is 0. The van der Waals surface area contributed by atoms with Crippen LogP contribution < -0.4 is 0 Å². The van der Waals surface area contributed by atoms with Gasteiger partial charge in [0.05, 0.1) is 0 Å². The zero-order valence-electron chi connectivity index (χ0n) is 12.0. The fraction of sp³-hybridized carbons (Fsp3) is 0.333. The molecule has 0 saturated carbocycles. The first-order valence-corrected chi connectivity index (χ1v) is 7.13. The molecule has 0 unspecified atom stereocenters. The number of phenolic OH excluding ortho intramolecular Hbond substituents is 1. The Balaban J connectivity index is 2.53. The fourth-order valence-electron chi connectivity index (χ4n) is 2.47. The van der Waals surface area contributed by atoms with Crippen molar-refractivity contribution in [2.75, 3.05) is 0 Å². The van der Waals surface area contributed by atoms with Crippen molar-refractivity contribution < 1.29 is 5.11 Å². The molecule has 0 fully saturated rings. The van der Waals surface area contributed by atoms with E-state index in [1.54, 1.807) is 0 Å². The second-order valence-electron chi connectivity index (χ2n) is 4.91. The summed E-state index contributed by atoms with van der Waals surface area (Å²) in [4.78, 5) is 0. The van der Waals surface area contributed by atoms with E-state index >= 15 is 0 Å². The van der Waals surface area contributed by atoms with Crippen LogP contribution in [0, 0.1) is 0 Å². The first kappa shape index (κ1) is 13.7. The molecule has 0 aliphatic carbocycles. The molecule has 0 heterocycles. The van der Waals surface area contributed by atoms with Crippen LogP contribution in [0.15, 0.2) is 36.4 Å². The Hall–Kier alpha value is -1.76. The Labute approximate surface area is 115 Å². The van der Waals surface area contributed by atoms with E-state index in [-0.39, 0.29) is 0 Å². The molecule has 0 radical (unpaired) electrons. The van der Waals surface area contributed by atoms with E-state index in [2.05, 4.69) is 51.1 Å². The molecule has 0 bridgehead atoms. The van der Waals surface area contributed by atoms with E-state index in [0.717, 1.165) is 30.4 Å². The van der Waals surface area contributed by atoms with Gasteiger partial charge in [-0.05, 0) is 47.6 Å². The summed E-state index contributed by atoms with van der Waals surface area (Å²) in [6.45, 7) is 6.40. The zero-order chi connectivity index (χ0) is 13.8. The van der Waals surface area contributed by atoms with Crippen LogP contribution in [-0.2, 0) is 19.3 Å². The van der Waals surface area contributed by atoms with Crippen LogP contribution in [0.3, 0.4) is 0 Å². The van der Waals surface area contributed by atoms with Gasteiger partial charge >= 0.3 is 0 Å². The van der Waals surface area contributed by atoms with Crippen LogP contribution in [0.1, 0.15) is 37.5 Å². The van der Waals surface area contributed by atoms with E-state index < -0.39 is 0 Å². The SMILES string of the molecule is CCc1ccc(-c2c(O)cc(CC)cc2CC)cc1. The van der Waals surface area contributed by atoms with Crippen molar-refractivity contribution in [3.05, 3.63) is 53.1 Å². The monoisotopic (exact) mass is 254 g/mol. The lowest BCUT2D eigenvalue weighted by molar-refractivity contribution is 0.476. The number of benzene rings is 2. The summed E-state index contributed by atoms with van der Waals surface area (Å²) in [6.07, 6.45) is 2.93. The van der Waals surface area contributed by atoms with Gasteiger partial charge in [0, 0.05) is 5.56 Å². The van der Waals surface area contributed by atoms with Gasteiger partial charge in [0.15, 0.2) is 0 Å². The summed E-state index contributed by atoms with van der Waals surface area (Å²) < 4.78 is 0. The lowest BCUT2D eigenvalue weighted by Crippen LogP contribution is -1.92. The Bertz CT molecular complexity index is 553. The number of aromatic hydroxyl groups is 1. The van der Waals surface area contributed by atoms with Gasteiger partial charge in [-0.1, -0.05) is 51.1 Å². The van der Waals surface area contributed by atoms with Gasteiger partial charge in [-0.3, -0.25) is 0 Å². The maximum atomic E-state index is 10.3. The normalized spacial score (nSPS) is 10.7. The minimum atomic E-state index is 0.403.